The number of hydrogen-bond donors (Lipinski definition) is 1. The van der Waals surface area contributed by atoms with Crippen molar-refractivity contribution < 1.29 is 13.6 Å². The number of nitriles is 1. The van der Waals surface area contributed by atoms with Crippen LogP contribution in [-0.4, -0.2) is 39.1 Å². The summed E-state index contributed by atoms with van der Waals surface area (Å²) >= 11 is 0. The molecule has 39 heavy (non-hydrogen) atoms. The Morgan fingerprint density at radius 1 is 1.10 bits per heavy atom. The number of likely N-dealkylation sites (tertiary alicyclic amines) is 1. The van der Waals surface area contributed by atoms with Gasteiger partial charge in [-0.15, -0.1) is 5.92 Å². The van der Waals surface area contributed by atoms with Crippen LogP contribution in [-0.2, 0) is 12.1 Å². The number of carbonyl (C=O) groups is 1. The highest BCUT2D eigenvalue weighted by molar-refractivity contribution is 5.95. The number of alkyl halides is 1. The van der Waals surface area contributed by atoms with Crippen LogP contribution in [0.1, 0.15) is 58.2 Å². The summed E-state index contributed by atoms with van der Waals surface area (Å²) in [6.07, 6.45) is 1.59. The molecule has 2 aromatic heterocycles. The van der Waals surface area contributed by atoms with Gasteiger partial charge in [-0.25, -0.2) is 13.9 Å². The minimum atomic E-state index is -1.73. The quantitative estimate of drug-likeness (QED) is 0.400. The van der Waals surface area contributed by atoms with Crippen LogP contribution in [0.5, 0.6) is 0 Å². The van der Waals surface area contributed by atoms with Gasteiger partial charge in [0.25, 0.3) is 11.5 Å². The van der Waals surface area contributed by atoms with Gasteiger partial charge < -0.3 is 4.90 Å². The monoisotopic (exact) mass is 523 g/mol. The minimum absolute atomic E-state index is 0.00915. The number of rotatable bonds is 4. The summed E-state index contributed by atoms with van der Waals surface area (Å²) < 4.78 is 30.4. The lowest BCUT2D eigenvalue weighted by molar-refractivity contribution is 0.0399. The molecule has 0 spiro atoms. The first-order chi connectivity index (χ1) is 18.8. The third-order valence-electron chi connectivity index (χ3n) is 6.96. The number of aromatic nitrogens is 3. The second-order valence-corrected chi connectivity index (χ2v) is 9.43. The fourth-order valence-electron chi connectivity index (χ4n) is 4.83. The first kappa shape index (κ1) is 25.7. The van der Waals surface area contributed by atoms with E-state index in [0.717, 1.165) is 5.56 Å². The molecule has 1 amide bonds. The molecule has 0 aliphatic carbocycles. The third-order valence-corrected chi connectivity index (χ3v) is 6.96. The maximum absolute atomic E-state index is 15.6. The van der Waals surface area contributed by atoms with E-state index >= 15 is 4.39 Å². The van der Waals surface area contributed by atoms with Gasteiger partial charge in [0.1, 0.15) is 11.9 Å². The Bertz CT molecular complexity index is 1740. The van der Waals surface area contributed by atoms with E-state index in [1.165, 1.54) is 35.4 Å². The molecule has 1 aliphatic rings. The van der Waals surface area contributed by atoms with Crippen LogP contribution < -0.4 is 5.56 Å². The van der Waals surface area contributed by atoms with Crippen LogP contribution in [0.3, 0.4) is 0 Å². The van der Waals surface area contributed by atoms with E-state index in [2.05, 4.69) is 27.0 Å². The van der Waals surface area contributed by atoms with Gasteiger partial charge in [0, 0.05) is 49.5 Å². The van der Waals surface area contributed by atoms with E-state index in [1.807, 2.05) is 6.07 Å². The molecule has 1 fully saturated rings. The summed E-state index contributed by atoms with van der Waals surface area (Å²) in [5.41, 5.74) is 0.311. The molecule has 9 heteroatoms. The van der Waals surface area contributed by atoms with Gasteiger partial charge in [-0.2, -0.15) is 10.4 Å². The first-order valence-corrected chi connectivity index (χ1v) is 12.4. The number of pyridine rings is 1. The Balaban J connectivity index is 1.37. The van der Waals surface area contributed by atoms with E-state index in [-0.39, 0.29) is 49.2 Å². The molecule has 1 aliphatic heterocycles. The Morgan fingerprint density at radius 2 is 1.87 bits per heavy atom. The average Bonchev–Trinajstić information content (AvgIpc) is 2.96. The molecular formula is C30H23F2N5O2. The van der Waals surface area contributed by atoms with Crippen molar-refractivity contribution in [1.82, 2.24) is 20.1 Å². The number of nitrogens with one attached hydrogen (secondary N) is 1. The van der Waals surface area contributed by atoms with Gasteiger partial charge in [-0.05, 0) is 55.0 Å². The van der Waals surface area contributed by atoms with E-state index in [1.54, 1.807) is 31.2 Å². The van der Waals surface area contributed by atoms with Crippen molar-refractivity contribution in [3.8, 4) is 17.9 Å². The fraction of sp³-hybridized carbons (Fsp3) is 0.233. The molecular weight excluding hydrogens is 500 g/mol. The summed E-state index contributed by atoms with van der Waals surface area (Å²) in [6, 6.07) is 14.5. The van der Waals surface area contributed by atoms with Crippen LogP contribution in [0, 0.1) is 29.0 Å². The summed E-state index contributed by atoms with van der Waals surface area (Å²) in [6.45, 7) is 1.90. The maximum Gasteiger partial charge on any atom is 0.272 e. The maximum atomic E-state index is 15.6. The van der Waals surface area contributed by atoms with Gasteiger partial charge in [-0.1, -0.05) is 12.0 Å². The van der Waals surface area contributed by atoms with Crippen molar-refractivity contribution in [2.45, 2.75) is 31.9 Å². The molecule has 3 heterocycles. The van der Waals surface area contributed by atoms with Gasteiger partial charge in [-0.3, -0.25) is 14.6 Å². The largest absolute Gasteiger partial charge is 0.338 e. The number of carbonyl (C=O) groups excluding carboxylic acids is 1. The average molecular weight is 524 g/mol. The zero-order valence-corrected chi connectivity index (χ0v) is 21.1. The zero-order chi connectivity index (χ0) is 27.6. The highest BCUT2D eigenvalue weighted by Gasteiger charge is 2.39. The summed E-state index contributed by atoms with van der Waals surface area (Å²) in [5, 5.41) is 16.7. The minimum Gasteiger partial charge on any atom is -0.338 e. The Hall–Kier alpha value is -4.89. The summed E-state index contributed by atoms with van der Waals surface area (Å²) in [7, 11) is 0. The predicted molar refractivity (Wildman–Crippen MR) is 141 cm³/mol. The highest BCUT2D eigenvalue weighted by atomic mass is 19.1. The van der Waals surface area contributed by atoms with E-state index < -0.39 is 17.4 Å². The second-order valence-electron chi connectivity index (χ2n) is 9.43. The van der Waals surface area contributed by atoms with Gasteiger partial charge in [0.15, 0.2) is 5.67 Å². The van der Waals surface area contributed by atoms with Crippen molar-refractivity contribution in [2.24, 2.45) is 0 Å². The van der Waals surface area contributed by atoms with Crippen molar-refractivity contribution in [1.29, 1.82) is 5.26 Å². The lowest BCUT2D eigenvalue weighted by Crippen LogP contribution is -2.44. The van der Waals surface area contributed by atoms with E-state index in [0.29, 0.717) is 27.6 Å². The molecule has 194 valence electrons. The molecule has 4 aromatic rings. The number of aromatic amines is 1. The Labute approximate surface area is 223 Å². The van der Waals surface area contributed by atoms with Crippen molar-refractivity contribution in [3.05, 3.63) is 105 Å². The molecule has 0 atom stereocenters. The summed E-state index contributed by atoms with van der Waals surface area (Å²) in [4.78, 5) is 31.1. The van der Waals surface area contributed by atoms with Gasteiger partial charge >= 0.3 is 0 Å². The molecule has 0 bridgehead atoms. The molecule has 2 aromatic carbocycles. The van der Waals surface area contributed by atoms with E-state index in [9.17, 15) is 14.0 Å². The molecule has 7 nitrogen and oxygen atoms in total. The smallest absolute Gasteiger partial charge is 0.272 e. The number of amides is 1. The molecule has 0 unspecified atom stereocenters. The van der Waals surface area contributed by atoms with Crippen molar-refractivity contribution in [3.63, 3.8) is 0 Å². The number of fused-ring (bicyclic) bond motifs is 1. The zero-order valence-electron chi connectivity index (χ0n) is 21.1. The van der Waals surface area contributed by atoms with Crippen LogP contribution in [0.2, 0.25) is 0 Å². The fourth-order valence-corrected chi connectivity index (χ4v) is 4.83. The number of hydrogen-bond acceptors (Lipinski definition) is 5. The van der Waals surface area contributed by atoms with Gasteiger partial charge in [0.05, 0.1) is 27.9 Å². The van der Waals surface area contributed by atoms with Gasteiger partial charge in [0.2, 0.25) is 0 Å². The Morgan fingerprint density at radius 3 is 2.56 bits per heavy atom. The number of nitrogens with zero attached hydrogens (tertiary/aromatic N) is 4. The SMILES string of the molecule is CC#Cc1ccc2c(=O)[nH]nc(Cc3ccc(F)c(C(=O)N4CCC(F)(c5ccc(C#N)cn5)CC4)c3)c2c1. The number of H-pyrrole nitrogens is 1. The topological polar surface area (TPSA) is 103 Å². The molecule has 0 saturated carbocycles. The van der Waals surface area contributed by atoms with Crippen LogP contribution in [0.25, 0.3) is 10.8 Å². The van der Waals surface area contributed by atoms with Crippen molar-refractivity contribution in [2.75, 3.05) is 13.1 Å². The number of benzene rings is 2. The lowest BCUT2D eigenvalue weighted by Gasteiger charge is -2.36. The first-order valence-electron chi connectivity index (χ1n) is 12.4. The second kappa shape index (κ2) is 10.5. The number of piperidine rings is 1. The molecule has 1 saturated heterocycles. The van der Waals surface area contributed by atoms with Crippen LogP contribution in [0.15, 0.2) is 59.5 Å². The molecule has 1 N–H and O–H groups in total. The van der Waals surface area contributed by atoms with E-state index in [4.69, 9.17) is 5.26 Å². The van der Waals surface area contributed by atoms with Crippen LogP contribution >= 0.6 is 0 Å². The third kappa shape index (κ3) is 5.12. The number of halogens is 2. The summed E-state index contributed by atoms with van der Waals surface area (Å²) in [5.74, 6) is 4.60. The Kier molecular flexibility index (Phi) is 6.91. The predicted octanol–water partition coefficient (Wildman–Crippen LogP) is 4.39. The van der Waals surface area contributed by atoms with Crippen LogP contribution in [0.4, 0.5) is 8.78 Å². The standard InChI is InChI=1S/C30H23F2N5O2/c1-2-3-19-4-7-22-23(14-19)26(35-36-28(22)38)16-20-5-8-25(31)24(15-20)29(39)37-12-10-30(32,11-13-37)27-9-6-21(17-33)18-34-27/h4-9,14-15,18H,10-13,16H2,1H3,(H,36,38). The molecule has 0 radical (unpaired) electrons. The lowest BCUT2D eigenvalue weighted by atomic mass is 9.89. The van der Waals surface area contributed by atoms with Crippen molar-refractivity contribution >= 4 is 16.7 Å². The molecule has 5 rings (SSSR count). The normalized spacial score (nSPS) is 14.4. The highest BCUT2D eigenvalue weighted by Crippen LogP contribution is 2.36.